The summed E-state index contributed by atoms with van der Waals surface area (Å²) in [6.07, 6.45) is 0.825. The number of nitrogens with one attached hydrogen (secondary N) is 1. The molecule has 0 unspecified atom stereocenters. The minimum atomic E-state index is -1.23. The van der Waals surface area contributed by atoms with Crippen LogP contribution in [0.3, 0.4) is 0 Å². The van der Waals surface area contributed by atoms with E-state index in [1.54, 1.807) is 24.3 Å². The monoisotopic (exact) mass is 440 g/mol. The van der Waals surface area contributed by atoms with Gasteiger partial charge in [0.2, 0.25) is 5.91 Å². The maximum Gasteiger partial charge on any atom is 0.280 e. The number of carbonyl (C=O) groups excluding carboxylic acids is 2. The Morgan fingerprint density at radius 2 is 1.81 bits per heavy atom. The van der Waals surface area contributed by atoms with Gasteiger partial charge in [0, 0.05) is 22.2 Å². The van der Waals surface area contributed by atoms with E-state index in [2.05, 4.69) is 14.9 Å². The summed E-state index contributed by atoms with van der Waals surface area (Å²) < 4.78 is 18.7. The summed E-state index contributed by atoms with van der Waals surface area (Å²) in [5.41, 5.74) is 1.15. The number of rotatable bonds is 6. The first-order valence-electron chi connectivity index (χ1n) is 9.97. The first-order chi connectivity index (χ1) is 14.7. The third-order valence-electron chi connectivity index (χ3n) is 4.63. The minimum Gasteiger partial charge on any atom is -0.349 e. The molecule has 6 nitrogen and oxygen atoms in total. The van der Waals surface area contributed by atoms with Gasteiger partial charge in [0.05, 0.1) is 0 Å². The van der Waals surface area contributed by atoms with E-state index >= 15 is 0 Å². The van der Waals surface area contributed by atoms with Gasteiger partial charge < -0.3 is 5.32 Å². The highest BCUT2D eigenvalue weighted by atomic mass is 32.1. The van der Waals surface area contributed by atoms with Crippen molar-refractivity contribution in [1.29, 1.82) is 0 Å². The molecule has 0 bridgehead atoms. The second kappa shape index (κ2) is 9.34. The number of amides is 2. The third kappa shape index (κ3) is 5.32. The number of hydrogen-bond donors (Lipinski definition) is 1. The van der Waals surface area contributed by atoms with E-state index in [9.17, 15) is 14.0 Å². The molecule has 3 rings (SSSR count). The van der Waals surface area contributed by atoms with Gasteiger partial charge in [0.1, 0.15) is 11.9 Å². The predicted octanol–water partition coefficient (Wildman–Crippen LogP) is 4.54. The van der Waals surface area contributed by atoms with E-state index in [0.29, 0.717) is 5.69 Å². The van der Waals surface area contributed by atoms with E-state index < -0.39 is 29.2 Å². The summed E-state index contributed by atoms with van der Waals surface area (Å²) in [6, 6.07) is 12.0. The van der Waals surface area contributed by atoms with Gasteiger partial charge in [-0.2, -0.15) is 0 Å². The Hall–Kier alpha value is -3.13. The number of aryl methyl sites for hydroxylation is 1. The molecule has 0 spiro atoms. The lowest BCUT2D eigenvalue weighted by atomic mass is 9.99. The molecule has 3 aromatic rings. The van der Waals surface area contributed by atoms with Gasteiger partial charge in [-0.3, -0.25) is 14.5 Å². The van der Waals surface area contributed by atoms with Crippen LogP contribution >= 0.6 is 11.5 Å². The normalized spacial score (nSPS) is 12.3. The predicted molar refractivity (Wildman–Crippen MR) is 120 cm³/mol. The van der Waals surface area contributed by atoms with Crippen LogP contribution in [0.25, 0.3) is 0 Å². The highest BCUT2D eigenvalue weighted by Crippen LogP contribution is 2.32. The summed E-state index contributed by atoms with van der Waals surface area (Å²) in [5, 5.41) is 8.28. The van der Waals surface area contributed by atoms with Crippen molar-refractivity contribution in [2.45, 2.75) is 45.7 Å². The fourth-order valence-electron chi connectivity index (χ4n) is 3.19. The van der Waals surface area contributed by atoms with Gasteiger partial charge in [-0.15, -0.1) is 5.10 Å². The standard InChI is InChI=1S/C23H25FN4O2S/c1-5-15-10-12-16(13-11-15)28(22(30)19-14-31-27-26-19)20(21(29)25-23(2,3)4)17-8-6-7-9-18(17)24/h6-14,20H,5H2,1-4H3,(H,25,29)/t20-/m1/s1. The SMILES string of the molecule is CCc1ccc(N(C(=O)c2csnn2)[C@@H](C(=O)NC(C)(C)C)c2ccccc2F)cc1. The molecule has 1 N–H and O–H groups in total. The number of carbonyl (C=O) groups is 2. The fourth-order valence-corrected chi connectivity index (χ4v) is 3.62. The molecule has 1 heterocycles. The second-order valence-corrected chi connectivity index (χ2v) is 8.76. The van der Waals surface area contributed by atoms with E-state index in [-0.39, 0.29) is 11.3 Å². The van der Waals surface area contributed by atoms with Crippen LogP contribution in [0.4, 0.5) is 10.1 Å². The van der Waals surface area contributed by atoms with Crippen LogP contribution < -0.4 is 10.2 Å². The topological polar surface area (TPSA) is 75.2 Å². The highest BCUT2D eigenvalue weighted by molar-refractivity contribution is 7.03. The molecule has 8 heteroatoms. The van der Waals surface area contributed by atoms with Crippen molar-refractivity contribution in [3.05, 3.63) is 76.5 Å². The molecular weight excluding hydrogens is 415 g/mol. The summed E-state index contributed by atoms with van der Waals surface area (Å²) in [6.45, 7) is 7.51. The first-order valence-corrected chi connectivity index (χ1v) is 10.8. The first kappa shape index (κ1) is 22.6. The van der Waals surface area contributed by atoms with Gasteiger partial charge >= 0.3 is 0 Å². The highest BCUT2D eigenvalue weighted by Gasteiger charge is 2.37. The number of anilines is 1. The molecule has 0 saturated carbocycles. The molecule has 2 aromatic carbocycles. The average Bonchev–Trinajstić information content (AvgIpc) is 3.26. The lowest BCUT2D eigenvalue weighted by Crippen LogP contribution is -2.49. The zero-order chi connectivity index (χ0) is 22.6. The fraction of sp³-hybridized carbons (Fsp3) is 0.304. The van der Waals surface area contributed by atoms with E-state index in [4.69, 9.17) is 0 Å². The largest absolute Gasteiger partial charge is 0.349 e. The smallest absolute Gasteiger partial charge is 0.280 e. The Bertz CT molecular complexity index is 1050. The van der Waals surface area contributed by atoms with Crippen molar-refractivity contribution < 1.29 is 14.0 Å². The van der Waals surface area contributed by atoms with E-state index in [0.717, 1.165) is 23.5 Å². The lowest BCUT2D eigenvalue weighted by Gasteiger charge is -2.33. The van der Waals surface area contributed by atoms with Crippen molar-refractivity contribution in [1.82, 2.24) is 14.9 Å². The molecule has 0 aliphatic heterocycles. The summed E-state index contributed by atoms with van der Waals surface area (Å²) >= 11 is 1.03. The minimum absolute atomic E-state index is 0.0921. The van der Waals surface area contributed by atoms with Crippen LogP contribution in [-0.2, 0) is 11.2 Å². The van der Waals surface area contributed by atoms with E-state index in [1.165, 1.54) is 22.4 Å². The molecule has 2 amide bonds. The summed E-state index contributed by atoms with van der Waals surface area (Å²) in [4.78, 5) is 28.2. The number of benzene rings is 2. The molecule has 0 aliphatic carbocycles. The van der Waals surface area contributed by atoms with Crippen molar-refractivity contribution in [3.8, 4) is 0 Å². The molecule has 1 aromatic heterocycles. The Labute approximate surface area is 185 Å². The maximum atomic E-state index is 14.9. The number of aromatic nitrogens is 2. The van der Waals surface area contributed by atoms with Crippen LogP contribution in [0.15, 0.2) is 53.9 Å². The lowest BCUT2D eigenvalue weighted by molar-refractivity contribution is -0.124. The second-order valence-electron chi connectivity index (χ2n) is 8.15. The molecule has 0 fully saturated rings. The van der Waals surface area contributed by atoms with Crippen LogP contribution in [0.5, 0.6) is 0 Å². The van der Waals surface area contributed by atoms with Gasteiger partial charge in [-0.25, -0.2) is 4.39 Å². The molecule has 0 radical (unpaired) electrons. The molecule has 0 aliphatic rings. The zero-order valence-corrected chi connectivity index (χ0v) is 18.7. The summed E-state index contributed by atoms with van der Waals surface area (Å²) in [7, 11) is 0. The Morgan fingerprint density at radius 3 is 2.35 bits per heavy atom. The Kier molecular flexibility index (Phi) is 6.80. The molecule has 162 valence electrons. The zero-order valence-electron chi connectivity index (χ0n) is 17.9. The molecular formula is C23H25FN4O2S. The number of halogens is 1. The molecule has 31 heavy (non-hydrogen) atoms. The van der Waals surface area contributed by atoms with Crippen LogP contribution in [-0.4, -0.2) is 26.9 Å². The number of nitrogens with zero attached hydrogens (tertiary/aromatic N) is 3. The average molecular weight is 441 g/mol. The van der Waals surface area contributed by atoms with Crippen molar-refractivity contribution >= 4 is 29.0 Å². The van der Waals surface area contributed by atoms with Gasteiger partial charge in [-0.1, -0.05) is 41.7 Å². The van der Waals surface area contributed by atoms with Gasteiger partial charge in [0.25, 0.3) is 5.91 Å². The van der Waals surface area contributed by atoms with Crippen LogP contribution in [0.2, 0.25) is 0 Å². The van der Waals surface area contributed by atoms with Gasteiger partial charge in [0.15, 0.2) is 5.69 Å². The number of hydrogen-bond acceptors (Lipinski definition) is 5. The molecule has 1 atom stereocenters. The van der Waals surface area contributed by atoms with Crippen molar-refractivity contribution in [3.63, 3.8) is 0 Å². The maximum absolute atomic E-state index is 14.9. The Morgan fingerprint density at radius 1 is 1.13 bits per heavy atom. The Balaban J connectivity index is 2.19. The molecule has 0 saturated heterocycles. The van der Waals surface area contributed by atoms with Gasteiger partial charge in [-0.05, 0) is 62.5 Å². The third-order valence-corrected chi connectivity index (χ3v) is 5.13. The quantitative estimate of drug-likeness (QED) is 0.611. The summed E-state index contributed by atoms with van der Waals surface area (Å²) in [5.74, 6) is -1.60. The van der Waals surface area contributed by atoms with E-state index in [1.807, 2.05) is 39.8 Å². The van der Waals surface area contributed by atoms with Crippen LogP contribution in [0, 0.1) is 5.82 Å². The van der Waals surface area contributed by atoms with Crippen LogP contribution in [0.1, 0.15) is 55.4 Å². The van der Waals surface area contributed by atoms with Crippen molar-refractivity contribution in [2.75, 3.05) is 4.90 Å². The van der Waals surface area contributed by atoms with Crippen molar-refractivity contribution in [2.24, 2.45) is 0 Å².